The number of rotatable bonds is 3. The molecular weight excluding hydrogens is 398 g/mol. The summed E-state index contributed by atoms with van der Waals surface area (Å²) in [5.74, 6) is -0.464. The molecule has 1 saturated heterocycles. The van der Waals surface area contributed by atoms with Crippen molar-refractivity contribution in [1.82, 2.24) is 14.4 Å². The van der Waals surface area contributed by atoms with E-state index in [0.717, 1.165) is 11.1 Å². The van der Waals surface area contributed by atoms with Gasteiger partial charge in [0.2, 0.25) is 5.78 Å². The van der Waals surface area contributed by atoms with Gasteiger partial charge in [-0.25, -0.2) is 9.59 Å². The predicted octanol–water partition coefficient (Wildman–Crippen LogP) is 3.42. The fraction of sp³-hybridized carbons (Fsp3) is 0.609. The van der Waals surface area contributed by atoms with Crippen LogP contribution in [0, 0.1) is 0 Å². The molecule has 2 aliphatic rings. The van der Waals surface area contributed by atoms with Gasteiger partial charge in [-0.15, -0.1) is 0 Å². The van der Waals surface area contributed by atoms with Crippen LogP contribution in [-0.2, 0) is 15.9 Å². The fourth-order valence-corrected chi connectivity index (χ4v) is 4.26. The Kier molecular flexibility index (Phi) is 6.48. The summed E-state index contributed by atoms with van der Waals surface area (Å²) in [6, 6.07) is 0.0218. The summed E-state index contributed by atoms with van der Waals surface area (Å²) >= 11 is 0. The zero-order valence-electron chi connectivity index (χ0n) is 19.4. The summed E-state index contributed by atoms with van der Waals surface area (Å²) in [5, 5.41) is 0. The zero-order valence-corrected chi connectivity index (χ0v) is 19.4. The molecule has 1 aromatic heterocycles. The number of ether oxygens (including phenoxy) is 2. The monoisotopic (exact) mass is 431 g/mol. The van der Waals surface area contributed by atoms with Crippen molar-refractivity contribution >= 4 is 17.8 Å². The molecule has 0 aromatic carbocycles. The van der Waals surface area contributed by atoms with Crippen molar-refractivity contribution in [2.45, 2.75) is 58.1 Å². The highest BCUT2D eigenvalue weighted by Gasteiger charge is 2.35. The second-order valence-corrected chi connectivity index (χ2v) is 9.41. The number of allylic oxidation sites excluding steroid dienone is 1. The molecule has 0 atom stereocenters. The number of hydrogen-bond acceptors (Lipinski definition) is 6. The Hall–Kier alpha value is -2.77. The van der Waals surface area contributed by atoms with E-state index in [0.29, 0.717) is 50.0 Å². The largest absolute Gasteiger partial charge is 0.465 e. The topological polar surface area (TPSA) is 81.1 Å². The van der Waals surface area contributed by atoms with Gasteiger partial charge in [-0.3, -0.25) is 4.79 Å². The van der Waals surface area contributed by atoms with Gasteiger partial charge in [0.25, 0.3) is 0 Å². The van der Waals surface area contributed by atoms with Gasteiger partial charge in [0, 0.05) is 51.2 Å². The second-order valence-electron chi connectivity index (χ2n) is 9.41. The number of methoxy groups -OCH3 is 1. The zero-order chi connectivity index (χ0) is 22.9. The van der Waals surface area contributed by atoms with Crippen molar-refractivity contribution < 1.29 is 23.9 Å². The molecule has 2 heterocycles. The van der Waals surface area contributed by atoms with Gasteiger partial charge in [0.1, 0.15) is 5.60 Å². The Morgan fingerprint density at radius 1 is 1.16 bits per heavy atom. The van der Waals surface area contributed by atoms with Crippen molar-refractivity contribution in [3.8, 4) is 0 Å². The molecule has 8 heteroatoms. The van der Waals surface area contributed by atoms with E-state index in [1.165, 1.54) is 7.11 Å². The van der Waals surface area contributed by atoms with Crippen molar-refractivity contribution in [3.05, 3.63) is 34.8 Å². The first kappa shape index (κ1) is 22.9. The van der Waals surface area contributed by atoms with Crippen LogP contribution < -0.4 is 0 Å². The van der Waals surface area contributed by atoms with Crippen LogP contribution in [0.1, 0.15) is 72.5 Å². The van der Waals surface area contributed by atoms with Gasteiger partial charge in [-0.1, -0.05) is 0 Å². The number of esters is 1. The third-order valence-electron chi connectivity index (χ3n) is 5.62. The third kappa shape index (κ3) is 4.94. The van der Waals surface area contributed by atoms with Gasteiger partial charge in [0.15, 0.2) is 0 Å². The Labute approximate surface area is 183 Å². The number of piperidine rings is 1. The molecule has 0 radical (unpaired) electrons. The van der Waals surface area contributed by atoms with E-state index in [9.17, 15) is 14.4 Å². The van der Waals surface area contributed by atoms with E-state index >= 15 is 0 Å². The highest BCUT2D eigenvalue weighted by Crippen LogP contribution is 2.35. The molecule has 1 aromatic rings. The average Bonchev–Trinajstić information content (AvgIpc) is 3.08. The van der Waals surface area contributed by atoms with Gasteiger partial charge in [-0.05, 0) is 52.0 Å². The SMILES string of the molecule is COC(=O)c1cn(C2CCN(C(=O)OC(C)(C)C)CC2)c2c1CC/C(=C\N(C)C)C2=O. The van der Waals surface area contributed by atoms with E-state index in [2.05, 4.69) is 0 Å². The summed E-state index contributed by atoms with van der Waals surface area (Å²) in [7, 11) is 5.13. The number of carbonyl (C=O) groups is 3. The smallest absolute Gasteiger partial charge is 0.410 e. The lowest BCUT2D eigenvalue weighted by Gasteiger charge is -2.35. The Morgan fingerprint density at radius 3 is 2.35 bits per heavy atom. The first-order valence-electron chi connectivity index (χ1n) is 10.7. The molecule has 8 nitrogen and oxygen atoms in total. The Bertz CT molecular complexity index is 899. The molecule has 3 rings (SSSR count). The highest BCUT2D eigenvalue weighted by atomic mass is 16.6. The first-order valence-corrected chi connectivity index (χ1v) is 10.7. The number of aromatic nitrogens is 1. The lowest BCUT2D eigenvalue weighted by Crippen LogP contribution is -2.42. The molecular formula is C23H33N3O5. The third-order valence-corrected chi connectivity index (χ3v) is 5.62. The molecule has 0 N–H and O–H groups in total. The minimum atomic E-state index is -0.537. The summed E-state index contributed by atoms with van der Waals surface area (Å²) in [4.78, 5) is 41.7. The van der Waals surface area contributed by atoms with Crippen LogP contribution in [0.3, 0.4) is 0 Å². The number of carbonyl (C=O) groups excluding carboxylic acids is 3. The summed E-state index contributed by atoms with van der Waals surface area (Å²) in [6.45, 7) is 6.62. The van der Waals surface area contributed by atoms with Crippen molar-refractivity contribution in [1.29, 1.82) is 0 Å². The normalized spacial score (nSPS) is 18.7. The van der Waals surface area contributed by atoms with Gasteiger partial charge >= 0.3 is 12.1 Å². The number of hydrogen-bond donors (Lipinski definition) is 0. The van der Waals surface area contributed by atoms with E-state index in [1.54, 1.807) is 11.1 Å². The van der Waals surface area contributed by atoms with Crippen LogP contribution in [0.15, 0.2) is 18.0 Å². The number of Topliss-reactive ketones (excluding diaryl/α,β-unsaturated/α-hetero) is 1. The van der Waals surface area contributed by atoms with E-state index in [-0.39, 0.29) is 17.9 Å². The molecule has 1 aliphatic heterocycles. The summed E-state index contributed by atoms with van der Waals surface area (Å²) in [5.41, 5.74) is 2.01. The maximum Gasteiger partial charge on any atom is 0.410 e. The minimum Gasteiger partial charge on any atom is -0.465 e. The van der Waals surface area contributed by atoms with Crippen LogP contribution in [0.4, 0.5) is 4.79 Å². The van der Waals surface area contributed by atoms with Gasteiger partial charge < -0.3 is 23.8 Å². The maximum absolute atomic E-state index is 13.3. The van der Waals surface area contributed by atoms with E-state index in [4.69, 9.17) is 9.47 Å². The number of ketones is 1. The molecule has 0 unspecified atom stereocenters. The van der Waals surface area contributed by atoms with Crippen LogP contribution in [0.2, 0.25) is 0 Å². The summed E-state index contributed by atoms with van der Waals surface area (Å²) < 4.78 is 12.4. The maximum atomic E-state index is 13.3. The first-order chi connectivity index (χ1) is 14.5. The Balaban J connectivity index is 1.87. The molecule has 170 valence electrons. The van der Waals surface area contributed by atoms with Crippen LogP contribution in [0.25, 0.3) is 0 Å². The fourth-order valence-electron chi connectivity index (χ4n) is 4.26. The minimum absolute atomic E-state index is 0.0218. The number of nitrogens with zero attached hydrogens (tertiary/aromatic N) is 3. The highest BCUT2D eigenvalue weighted by molar-refractivity contribution is 6.11. The van der Waals surface area contributed by atoms with Crippen LogP contribution in [0.5, 0.6) is 0 Å². The lowest BCUT2D eigenvalue weighted by molar-refractivity contribution is 0.0187. The van der Waals surface area contributed by atoms with Crippen molar-refractivity contribution in [2.24, 2.45) is 0 Å². The van der Waals surface area contributed by atoms with Crippen LogP contribution >= 0.6 is 0 Å². The quantitative estimate of drug-likeness (QED) is 0.539. The molecule has 1 fully saturated rings. The van der Waals surface area contributed by atoms with Crippen molar-refractivity contribution in [3.63, 3.8) is 0 Å². The van der Waals surface area contributed by atoms with E-state index < -0.39 is 11.6 Å². The number of fused-ring (bicyclic) bond motifs is 1. The van der Waals surface area contributed by atoms with Gasteiger partial charge in [-0.2, -0.15) is 0 Å². The second kappa shape index (κ2) is 8.77. The molecule has 0 bridgehead atoms. The van der Waals surface area contributed by atoms with Crippen molar-refractivity contribution in [2.75, 3.05) is 34.3 Å². The molecule has 1 amide bonds. The van der Waals surface area contributed by atoms with E-state index in [1.807, 2.05) is 50.5 Å². The number of amides is 1. The molecule has 0 spiro atoms. The predicted molar refractivity (Wildman–Crippen MR) is 116 cm³/mol. The lowest BCUT2D eigenvalue weighted by atomic mass is 9.89. The van der Waals surface area contributed by atoms with Gasteiger partial charge in [0.05, 0.1) is 18.4 Å². The molecule has 1 aliphatic carbocycles. The standard InChI is InChI=1S/C23H33N3O5/c1-23(2,3)31-22(29)25-11-9-16(10-12-25)26-14-18(21(28)30-6)17-8-7-15(13-24(4)5)20(27)19(17)26/h13-14,16H,7-12H2,1-6H3/b15-13+. The Morgan fingerprint density at radius 2 is 1.81 bits per heavy atom. The van der Waals surface area contributed by atoms with Crippen LogP contribution in [-0.4, -0.2) is 72.1 Å². The number of likely N-dealkylation sites (tertiary alicyclic amines) is 1. The molecule has 0 saturated carbocycles. The molecule has 31 heavy (non-hydrogen) atoms. The summed E-state index contributed by atoms with van der Waals surface area (Å²) in [6.07, 6.45) is 5.88. The average molecular weight is 432 g/mol.